The number of fused-ring (bicyclic) bond motifs is 1. The predicted octanol–water partition coefficient (Wildman–Crippen LogP) is 6.44. The second-order valence-electron chi connectivity index (χ2n) is 12.3. The molecule has 0 atom stereocenters. The zero-order valence-corrected chi connectivity index (χ0v) is 29.7. The van der Waals surface area contributed by atoms with Crippen molar-refractivity contribution in [2.24, 2.45) is 0 Å². The van der Waals surface area contributed by atoms with E-state index in [-0.39, 0.29) is 0 Å². The van der Waals surface area contributed by atoms with Crippen LogP contribution in [0, 0.1) is 0 Å². The van der Waals surface area contributed by atoms with Crippen molar-refractivity contribution in [1.82, 2.24) is 29.7 Å². The minimum absolute atomic E-state index is 0.462. The summed E-state index contributed by atoms with van der Waals surface area (Å²) in [5.74, 6) is 1.87. The molecule has 48 heavy (non-hydrogen) atoms. The lowest BCUT2D eigenvalue weighted by atomic mass is 9.99. The number of ether oxygens (including phenoxy) is 1. The summed E-state index contributed by atoms with van der Waals surface area (Å²) in [6.07, 6.45) is 12.3. The number of methoxy groups -OCH3 is 1. The average Bonchev–Trinajstić information content (AvgIpc) is 3.13. The third-order valence-corrected chi connectivity index (χ3v) is 10.4. The van der Waals surface area contributed by atoms with Crippen molar-refractivity contribution in [2.45, 2.75) is 39.2 Å². The molecule has 0 aliphatic carbocycles. The van der Waals surface area contributed by atoms with Gasteiger partial charge in [0.2, 0.25) is 5.95 Å². The van der Waals surface area contributed by atoms with E-state index < -0.39 is 0 Å². The zero-order chi connectivity index (χ0) is 33.6. The van der Waals surface area contributed by atoms with Crippen molar-refractivity contribution >= 4 is 63.6 Å². The van der Waals surface area contributed by atoms with E-state index in [1.54, 1.807) is 43.7 Å². The Bertz CT molecular complexity index is 1720. The Balaban J connectivity index is 1.25. The lowest BCUT2D eigenvalue weighted by Crippen LogP contribution is -2.52. The Morgan fingerprint density at radius 3 is 2.46 bits per heavy atom. The number of hydrogen-bond donors (Lipinski definition) is 2. The largest absolute Gasteiger partial charge is 0.494 e. The minimum atomic E-state index is 0.462. The molecule has 6 rings (SSSR count). The summed E-state index contributed by atoms with van der Waals surface area (Å²) in [6, 6.07) is 9.04. The molecule has 2 aromatic carbocycles. The molecule has 2 N–H and O–H groups in total. The molecule has 0 radical (unpaired) electrons. The highest BCUT2D eigenvalue weighted by Gasteiger charge is 2.28. The maximum Gasteiger partial charge on any atom is 0.229 e. The molecule has 11 nitrogen and oxygen atoms in total. The molecule has 2 fully saturated rings. The minimum Gasteiger partial charge on any atom is -0.494 e. The fourth-order valence-corrected chi connectivity index (χ4v) is 7.45. The third kappa shape index (κ3) is 7.15. The van der Waals surface area contributed by atoms with Crippen molar-refractivity contribution in [3.63, 3.8) is 0 Å². The highest BCUT2D eigenvalue weighted by atomic mass is 32.2. The maximum atomic E-state index is 5.94. The topological polar surface area (TPSA) is 97.8 Å². The molecular weight excluding hydrogens is 621 g/mol. The zero-order valence-electron chi connectivity index (χ0n) is 28.9. The Morgan fingerprint density at radius 2 is 1.77 bits per heavy atom. The molecule has 12 heteroatoms. The number of rotatable bonds is 12. The smallest absolute Gasteiger partial charge is 0.229 e. The van der Waals surface area contributed by atoms with E-state index in [0.29, 0.717) is 17.8 Å². The van der Waals surface area contributed by atoms with Gasteiger partial charge in [-0.15, -0.1) is 0 Å². The van der Waals surface area contributed by atoms with Crippen LogP contribution in [0.4, 0.5) is 34.5 Å². The van der Waals surface area contributed by atoms with Crippen LogP contribution in [0.3, 0.4) is 0 Å². The van der Waals surface area contributed by atoms with Crippen LogP contribution in [0.1, 0.15) is 37.8 Å². The van der Waals surface area contributed by atoms with E-state index in [1.807, 2.05) is 12.1 Å². The van der Waals surface area contributed by atoms with Gasteiger partial charge in [0.25, 0.3) is 0 Å². The molecule has 4 aromatic rings. The molecule has 0 unspecified atom stereocenters. The van der Waals surface area contributed by atoms with Gasteiger partial charge in [-0.2, -0.15) is 4.98 Å². The third-order valence-electron chi connectivity index (χ3n) is 9.55. The summed E-state index contributed by atoms with van der Waals surface area (Å²) in [6.45, 7) is 15.9. The molecule has 2 aliphatic heterocycles. The van der Waals surface area contributed by atoms with Gasteiger partial charge in [-0.25, -0.2) is 4.98 Å². The van der Waals surface area contributed by atoms with Gasteiger partial charge in [0.1, 0.15) is 17.1 Å². The van der Waals surface area contributed by atoms with Gasteiger partial charge in [-0.1, -0.05) is 31.5 Å². The Hall–Kier alpha value is -4.13. The number of piperidine rings is 1. The first-order valence-electron chi connectivity index (χ1n) is 16.9. The number of hydrogen-bond acceptors (Lipinski definition) is 12. The molecule has 2 aliphatic rings. The number of anilines is 6. The fourth-order valence-electron chi connectivity index (χ4n) is 6.82. The van der Waals surface area contributed by atoms with Crippen molar-refractivity contribution in [1.29, 1.82) is 0 Å². The maximum absolute atomic E-state index is 5.94. The second kappa shape index (κ2) is 15.4. The van der Waals surface area contributed by atoms with Gasteiger partial charge < -0.3 is 29.5 Å². The number of nitrogens with zero attached hydrogens (tertiary/aromatic N) is 8. The van der Waals surface area contributed by atoms with Gasteiger partial charge in [0, 0.05) is 94.0 Å². The fraction of sp³-hybridized carbons (Fsp3) is 0.444. The number of aryl methyl sites for hydroxylation is 1. The van der Waals surface area contributed by atoms with Crippen molar-refractivity contribution in [2.75, 3.05) is 86.1 Å². The van der Waals surface area contributed by atoms with Crippen LogP contribution in [0.5, 0.6) is 5.75 Å². The van der Waals surface area contributed by atoms with Gasteiger partial charge in [0.05, 0.1) is 29.7 Å². The molecule has 254 valence electrons. The van der Waals surface area contributed by atoms with E-state index >= 15 is 0 Å². The van der Waals surface area contributed by atoms with Crippen LogP contribution in [0.25, 0.3) is 17.1 Å². The molecular formula is C36H48N10OS. The molecule has 0 amide bonds. The number of nitrogens with one attached hydrogen (secondary N) is 2. The van der Waals surface area contributed by atoms with Crippen molar-refractivity contribution < 1.29 is 4.74 Å². The lowest BCUT2D eigenvalue weighted by Gasteiger charge is -2.43. The Morgan fingerprint density at radius 1 is 1.00 bits per heavy atom. The predicted molar refractivity (Wildman–Crippen MR) is 201 cm³/mol. The monoisotopic (exact) mass is 668 g/mol. The van der Waals surface area contributed by atoms with Crippen LogP contribution in [-0.4, -0.2) is 102 Å². The van der Waals surface area contributed by atoms with E-state index in [2.05, 4.69) is 90.5 Å². The lowest BCUT2D eigenvalue weighted by molar-refractivity contribution is 0.0982. The summed E-state index contributed by atoms with van der Waals surface area (Å²) >= 11 is 1.64. The standard InChI is InChI=1S/C36H48N10OS/c1-7-25-22-30(32(47-5)23-31(25)45-16-12-27(13-17-45)44-20-18-43(4)19-21-44)41-36-39-24-26(8-2)35(42-36)40-29-11-10-28-33(38-15-14-37-28)34(29)46(9-3)48-6/h8,10-11,14-15,22-24,27H,2,7,9,12-13,16-21H2,1,3-6H3,(H2,39,40,41,42). The van der Waals surface area contributed by atoms with Crippen LogP contribution < -0.4 is 24.6 Å². The molecule has 0 bridgehead atoms. The molecule has 4 heterocycles. The Kier molecular flexibility index (Phi) is 10.8. The summed E-state index contributed by atoms with van der Waals surface area (Å²) in [7, 11) is 3.94. The first kappa shape index (κ1) is 33.8. The normalized spacial score (nSPS) is 16.2. The van der Waals surface area contributed by atoms with Gasteiger partial charge >= 0.3 is 0 Å². The quantitative estimate of drug-likeness (QED) is 0.163. The van der Waals surface area contributed by atoms with Gasteiger partial charge in [-0.05, 0) is 57.0 Å². The highest BCUT2D eigenvalue weighted by molar-refractivity contribution is 8.00. The second-order valence-corrected chi connectivity index (χ2v) is 13.1. The van der Waals surface area contributed by atoms with Crippen LogP contribution >= 0.6 is 11.9 Å². The molecule has 2 aromatic heterocycles. The van der Waals surface area contributed by atoms with Crippen molar-refractivity contribution in [3.05, 3.63) is 60.6 Å². The number of piperazine rings is 1. The summed E-state index contributed by atoms with van der Waals surface area (Å²) in [5, 5.41) is 7.02. The van der Waals surface area contributed by atoms with E-state index in [4.69, 9.17) is 9.72 Å². The number of likely N-dealkylation sites (N-methyl/N-ethyl adjacent to an activating group) is 1. The first-order valence-corrected chi connectivity index (χ1v) is 18.1. The summed E-state index contributed by atoms with van der Waals surface area (Å²) < 4.78 is 8.14. The first-order chi connectivity index (χ1) is 23.5. The van der Waals surface area contributed by atoms with Gasteiger partial charge in [0.15, 0.2) is 0 Å². The molecule has 0 saturated carbocycles. The van der Waals surface area contributed by atoms with E-state index in [0.717, 1.165) is 65.5 Å². The van der Waals surface area contributed by atoms with Crippen LogP contribution in [0.2, 0.25) is 0 Å². The number of aromatic nitrogens is 4. The van der Waals surface area contributed by atoms with Crippen molar-refractivity contribution in [3.8, 4) is 5.75 Å². The average molecular weight is 669 g/mol. The summed E-state index contributed by atoms with van der Waals surface area (Å²) in [5.41, 5.74) is 7.64. The van der Waals surface area contributed by atoms with E-state index in [9.17, 15) is 0 Å². The Labute approximate surface area is 288 Å². The molecule has 2 saturated heterocycles. The molecule has 0 spiro atoms. The number of benzene rings is 2. The highest BCUT2D eigenvalue weighted by Crippen LogP contribution is 2.39. The van der Waals surface area contributed by atoms with E-state index in [1.165, 1.54) is 50.3 Å². The SMILES string of the molecule is C=Cc1cnc(Nc2cc(CC)c(N3CCC(N4CCN(C)CC4)CC3)cc2OC)nc1Nc1ccc2nccnc2c1N(CC)SC. The summed E-state index contributed by atoms with van der Waals surface area (Å²) in [4.78, 5) is 26.4. The van der Waals surface area contributed by atoms with Gasteiger partial charge in [-0.3, -0.25) is 14.9 Å². The van der Waals surface area contributed by atoms with Crippen LogP contribution in [-0.2, 0) is 6.42 Å². The van der Waals surface area contributed by atoms with Crippen LogP contribution in [0.15, 0.2) is 49.4 Å².